The van der Waals surface area contributed by atoms with Gasteiger partial charge in [0.2, 0.25) is 0 Å². The number of terminal acetylenes is 1. The zero-order valence-corrected chi connectivity index (χ0v) is 44.7. The van der Waals surface area contributed by atoms with Gasteiger partial charge in [-0.3, -0.25) is 23.9 Å². The van der Waals surface area contributed by atoms with Crippen molar-refractivity contribution >= 4 is 135 Å². The second-order valence-corrected chi connectivity index (χ2v) is 13.9. The molecule has 0 aliphatic heterocycles. The molecule has 0 spiro atoms. The molecule has 66 heavy (non-hydrogen) atoms. The predicted molar refractivity (Wildman–Crippen MR) is 222 cm³/mol. The summed E-state index contributed by atoms with van der Waals surface area (Å²) >= 11 is 2.50. The van der Waals surface area contributed by atoms with Gasteiger partial charge in [-0.25, -0.2) is 14.4 Å². The topological polar surface area (TPSA) is 298 Å². The Hall–Kier alpha value is -2.33. The number of para-hydroxylation sites is 3. The number of carbonyl (C=O) groups is 4. The number of carboxylic acid groups (broad SMARTS) is 1. The molecule has 3 aromatic carbocycles. The van der Waals surface area contributed by atoms with Gasteiger partial charge >= 0.3 is 131 Å². The molecule has 0 saturated carbocycles. The quantitative estimate of drug-likeness (QED) is 0.0232. The van der Waals surface area contributed by atoms with Crippen LogP contribution in [0, 0.1) is 26.2 Å². The van der Waals surface area contributed by atoms with Crippen LogP contribution in [0.5, 0.6) is 0 Å². The number of methoxy groups -OCH3 is 2. The molecule has 17 nitrogen and oxygen atoms in total. The largest absolute Gasteiger partial charge is 1.00 e. The Morgan fingerprint density at radius 2 is 1.03 bits per heavy atom. The number of rotatable bonds is 3. The molecule has 0 saturated heterocycles. The van der Waals surface area contributed by atoms with E-state index in [0.29, 0.717) is 16.8 Å². The van der Waals surface area contributed by atoms with Gasteiger partial charge in [-0.05, 0) is 56.2 Å². The van der Waals surface area contributed by atoms with Gasteiger partial charge in [0.15, 0.2) is 5.78 Å². The molecule has 5 rings (SSSR count). The molecule has 1 radical (unpaired) electrons. The third-order valence-electron chi connectivity index (χ3n) is 6.95. The summed E-state index contributed by atoms with van der Waals surface area (Å²) in [7, 11) is -9.07. The van der Waals surface area contributed by atoms with Gasteiger partial charge in [0.1, 0.15) is 0 Å². The van der Waals surface area contributed by atoms with E-state index in [0.717, 1.165) is 32.9 Å². The number of aromatic nitrogens is 2. The Kier molecular flexibility index (Phi) is 38.4. The number of fused-ring (bicyclic) bond motifs is 2. The predicted octanol–water partition coefficient (Wildman–Crippen LogP) is 2.69. The van der Waals surface area contributed by atoms with Gasteiger partial charge in [0.05, 0.1) is 36.4 Å². The van der Waals surface area contributed by atoms with Crippen LogP contribution in [0.3, 0.4) is 0 Å². The number of esters is 2. The summed E-state index contributed by atoms with van der Waals surface area (Å²) in [5.74, 6) is -0.136. The van der Waals surface area contributed by atoms with E-state index in [2.05, 4.69) is 25.9 Å². The monoisotopic (exact) mass is 1070 g/mol. The molecule has 5 aromatic rings. The third kappa shape index (κ3) is 26.4. The number of nitrogens with zero attached hydrogens (tertiary/aromatic N) is 2. The van der Waals surface area contributed by atoms with Crippen LogP contribution in [0.15, 0.2) is 85.2 Å². The molecule has 0 amide bonds. The number of aryl methyl sites for hydroxylation is 2. The fraction of sp³-hybridized carbons (Fsp3) is 0.189. The van der Waals surface area contributed by atoms with Crippen LogP contribution in [-0.4, -0.2) is 159 Å². The van der Waals surface area contributed by atoms with Gasteiger partial charge in [-0.2, -0.15) is 43.2 Å². The van der Waals surface area contributed by atoms with Crippen LogP contribution < -0.4 is 24.6 Å². The van der Waals surface area contributed by atoms with Crippen molar-refractivity contribution in [3.8, 4) is 12.3 Å². The summed E-state index contributed by atoms with van der Waals surface area (Å²) in [4.78, 5) is 51.0. The minimum atomic E-state index is -5.84. The number of halogens is 6. The summed E-state index contributed by atoms with van der Waals surface area (Å²) in [6.45, 7) is 5.20. The van der Waals surface area contributed by atoms with Crippen LogP contribution >= 0.6 is 0 Å². The number of nitrogen functional groups attached to an aromatic ring is 1. The average molecular weight is 1070 g/mol. The number of hydrogen-bond acceptors (Lipinski definition) is 14. The van der Waals surface area contributed by atoms with E-state index >= 15 is 0 Å². The molecule has 351 valence electrons. The van der Waals surface area contributed by atoms with Gasteiger partial charge < -0.3 is 25.8 Å². The van der Waals surface area contributed by atoms with E-state index in [4.69, 9.17) is 36.8 Å². The summed E-state index contributed by atoms with van der Waals surface area (Å²) in [6, 6.07) is 22.3. The molecule has 2 heterocycles. The molecular formula is C37H36CuF6K2LiN3O14S2. The Morgan fingerprint density at radius 1 is 0.697 bits per heavy atom. The van der Waals surface area contributed by atoms with Crippen molar-refractivity contribution in [3.05, 3.63) is 113 Å². The van der Waals surface area contributed by atoms with Crippen molar-refractivity contribution in [1.29, 1.82) is 0 Å². The third-order valence-corrected chi connectivity index (χ3v) is 8.12. The molecule has 0 aliphatic carbocycles. The standard InChI is InChI=1S/C12H11NO2.C11H9NO2.C8H9NO.C4H4O2.2CHF3O3S.Cu.2K.Li.H2O/c1-8-9-5-3-4-6-11(9)13-7-10(8)12(14)15-2;1-7-8-4-2-3-5-10(8)12-6-9(7)11(13)14;1-6(10)7-4-2-3-5-8(7)9;1-3-4(5)6-2;2*2-1(3,4)8(5,6)7;;;;;/h3-7H,1-2H3;2-6H,1H3,(H,13,14);2-5H,9H2,1H3;1H,2H3;2*(H,5,6,7);;;;;1H2/q;;;;;;;;;+1;/p-1. The van der Waals surface area contributed by atoms with Crippen molar-refractivity contribution in [2.45, 2.75) is 31.8 Å². The fourth-order valence-corrected chi connectivity index (χ4v) is 3.97. The summed E-state index contributed by atoms with van der Waals surface area (Å²) in [5, 5.41) is 10.8. The molecule has 0 bridgehead atoms. The maximum absolute atomic E-state index is 11.4. The smallest absolute Gasteiger partial charge is 0.870 e. The number of ketones is 1. The Balaban J connectivity index is -0.000000228. The number of benzene rings is 3. The first-order chi connectivity index (χ1) is 29.0. The fourth-order valence-electron chi connectivity index (χ4n) is 3.97. The maximum Gasteiger partial charge on any atom is 1.00 e. The van der Waals surface area contributed by atoms with E-state index in [9.17, 15) is 45.5 Å². The van der Waals surface area contributed by atoms with E-state index < -0.39 is 43.2 Å². The molecule has 0 aliphatic rings. The van der Waals surface area contributed by atoms with Crippen molar-refractivity contribution < 1.29 is 127 Å². The number of nitrogens with two attached hydrogens (primary N) is 1. The molecular weight excluding hydrogens is 1040 g/mol. The van der Waals surface area contributed by atoms with E-state index in [-0.39, 0.29) is 58.7 Å². The number of anilines is 1. The Bertz CT molecular complexity index is 2580. The summed E-state index contributed by atoms with van der Waals surface area (Å²) in [5.41, 5.74) is -0.230. The normalized spacial score (nSPS) is 10.0. The summed E-state index contributed by atoms with van der Waals surface area (Å²) in [6.07, 6.45) is 7.52. The molecule has 29 heteroatoms. The second-order valence-electron chi connectivity index (χ2n) is 11.0. The number of carbonyl (C=O) groups excluding carboxylic acids is 3. The second kappa shape index (κ2) is 34.9. The molecule has 2 aromatic heterocycles. The van der Waals surface area contributed by atoms with Gasteiger partial charge in [-0.15, -0.1) is 6.42 Å². The van der Waals surface area contributed by atoms with Crippen molar-refractivity contribution in [2.24, 2.45) is 0 Å². The SMILES string of the molecule is C#CC(=O)OC.CC(=O)c1ccccc1N.COC(=O)c1cnc2ccccc2c1C.Cc1c(C(=O)O)cnc2ccccc12.O=S(=O)(O)C(F)(F)F.O=S(=O)(O)C(F)(F)F.[Cu].[K][K].[Li+].[OH-]. The molecule has 0 atom stereocenters. The molecule has 0 unspecified atom stereocenters. The van der Waals surface area contributed by atoms with E-state index in [1.54, 1.807) is 37.2 Å². The van der Waals surface area contributed by atoms with Crippen LogP contribution in [0.2, 0.25) is 0 Å². The van der Waals surface area contributed by atoms with Crippen molar-refractivity contribution in [2.75, 3.05) is 20.0 Å². The maximum atomic E-state index is 11.4. The number of carboxylic acids is 1. The zero-order valence-electron chi connectivity index (χ0n) is 35.9. The van der Waals surface area contributed by atoms with Gasteiger partial charge in [0.25, 0.3) is 0 Å². The van der Waals surface area contributed by atoms with Gasteiger partial charge in [-0.1, -0.05) is 48.5 Å². The van der Waals surface area contributed by atoms with Crippen LogP contribution in [0.25, 0.3) is 21.8 Å². The van der Waals surface area contributed by atoms with Crippen LogP contribution in [0.4, 0.5) is 32.0 Å². The van der Waals surface area contributed by atoms with E-state index in [1.165, 1.54) is 90.5 Å². The zero-order chi connectivity index (χ0) is 49.5. The number of Topliss-reactive ketones (excluding diaryl/α,β-unsaturated/α-hetero) is 1. The minimum absolute atomic E-state index is 0. The van der Waals surface area contributed by atoms with Crippen LogP contribution in [-0.2, 0) is 51.6 Å². The number of aromatic carboxylic acids is 1. The number of hydrogen-bond donors (Lipinski definition) is 4. The number of ether oxygens (including phenoxy) is 2. The average Bonchev–Trinajstić information content (AvgIpc) is 3.21. The molecule has 0 fully saturated rings. The Morgan fingerprint density at radius 3 is 1.30 bits per heavy atom. The van der Waals surface area contributed by atoms with Crippen molar-refractivity contribution in [3.63, 3.8) is 0 Å². The van der Waals surface area contributed by atoms with Crippen molar-refractivity contribution in [1.82, 2.24) is 9.97 Å². The van der Waals surface area contributed by atoms with Crippen LogP contribution in [0.1, 0.15) is 49.1 Å². The van der Waals surface area contributed by atoms with Gasteiger partial charge in [0, 0.05) is 57.4 Å². The Labute approximate surface area is 442 Å². The molecule has 6 N–H and O–H groups in total. The summed E-state index contributed by atoms with van der Waals surface area (Å²) < 4.78 is 124. The minimum Gasteiger partial charge on any atom is -0.870 e. The first-order valence-electron chi connectivity index (χ1n) is 16.9. The van der Waals surface area contributed by atoms with E-state index in [1.807, 2.05) is 61.5 Å². The first-order valence-corrected chi connectivity index (χ1v) is 35.8. The number of pyridine rings is 2. The first kappa shape index (κ1) is 72.6. The number of alkyl halides is 6.